The zero-order valence-electron chi connectivity index (χ0n) is 14.4. The number of hydrogen-bond acceptors (Lipinski definition) is 2. The number of hydrogen-bond donors (Lipinski definition) is 1. The SMILES string of the molecule is C=CCCC1(C(=C)NC)CC(=C)N(C(=C)/C(C)=C/C=C\C)C1. The fourth-order valence-corrected chi connectivity index (χ4v) is 2.96. The van der Waals surface area contributed by atoms with Crippen LogP contribution < -0.4 is 5.32 Å². The molecule has 0 aliphatic carbocycles. The molecule has 120 valence electrons. The van der Waals surface area contributed by atoms with Crippen LogP contribution in [0.2, 0.25) is 0 Å². The van der Waals surface area contributed by atoms with Gasteiger partial charge in [0.1, 0.15) is 0 Å². The van der Waals surface area contributed by atoms with Crippen molar-refractivity contribution < 1.29 is 0 Å². The largest absolute Gasteiger partial charge is 0.391 e. The lowest BCUT2D eigenvalue weighted by Gasteiger charge is -2.31. The van der Waals surface area contributed by atoms with E-state index in [1.165, 1.54) is 0 Å². The van der Waals surface area contributed by atoms with E-state index in [4.69, 9.17) is 0 Å². The number of allylic oxidation sites excluding steroid dienone is 6. The summed E-state index contributed by atoms with van der Waals surface area (Å²) in [5.41, 5.74) is 4.37. The summed E-state index contributed by atoms with van der Waals surface area (Å²) in [6.07, 6.45) is 11.0. The Hall–Kier alpha value is -1.96. The summed E-state index contributed by atoms with van der Waals surface area (Å²) in [5.74, 6) is 0. The van der Waals surface area contributed by atoms with Crippen molar-refractivity contribution in [2.24, 2.45) is 5.41 Å². The first kappa shape index (κ1) is 18.1. The summed E-state index contributed by atoms with van der Waals surface area (Å²) in [7, 11) is 1.94. The van der Waals surface area contributed by atoms with Crippen molar-refractivity contribution in [2.45, 2.75) is 33.1 Å². The van der Waals surface area contributed by atoms with Gasteiger partial charge in [0.05, 0.1) is 0 Å². The van der Waals surface area contributed by atoms with Crippen LogP contribution in [-0.2, 0) is 0 Å². The van der Waals surface area contributed by atoms with Crippen molar-refractivity contribution in [3.05, 3.63) is 73.3 Å². The molecule has 0 aromatic rings. The van der Waals surface area contributed by atoms with Crippen LogP contribution >= 0.6 is 0 Å². The minimum absolute atomic E-state index is 0.00381. The highest BCUT2D eigenvalue weighted by Crippen LogP contribution is 2.46. The molecule has 0 bridgehead atoms. The summed E-state index contributed by atoms with van der Waals surface area (Å²) < 4.78 is 0. The molecule has 1 heterocycles. The third kappa shape index (κ3) is 3.82. The van der Waals surface area contributed by atoms with Crippen molar-refractivity contribution >= 4 is 0 Å². The molecule has 1 saturated heterocycles. The van der Waals surface area contributed by atoms with E-state index >= 15 is 0 Å². The molecule has 1 aliphatic rings. The molecule has 1 N–H and O–H groups in total. The average Bonchev–Trinajstić information content (AvgIpc) is 2.86. The molecule has 1 atom stereocenters. The van der Waals surface area contributed by atoms with Crippen molar-refractivity contribution in [3.8, 4) is 0 Å². The first-order valence-electron chi connectivity index (χ1n) is 7.84. The Bertz CT molecular complexity index is 522. The summed E-state index contributed by atoms with van der Waals surface area (Å²) >= 11 is 0. The van der Waals surface area contributed by atoms with Crippen LogP contribution in [0.15, 0.2) is 73.3 Å². The Morgan fingerprint density at radius 1 is 1.41 bits per heavy atom. The molecule has 22 heavy (non-hydrogen) atoms. The van der Waals surface area contributed by atoms with Crippen LogP contribution in [0.5, 0.6) is 0 Å². The van der Waals surface area contributed by atoms with Gasteiger partial charge in [0.25, 0.3) is 0 Å². The topological polar surface area (TPSA) is 15.3 Å². The highest BCUT2D eigenvalue weighted by Gasteiger charge is 2.42. The average molecular weight is 298 g/mol. The van der Waals surface area contributed by atoms with E-state index in [1.54, 1.807) is 0 Å². The van der Waals surface area contributed by atoms with E-state index in [9.17, 15) is 0 Å². The van der Waals surface area contributed by atoms with Gasteiger partial charge in [0.15, 0.2) is 0 Å². The number of nitrogens with one attached hydrogen (secondary N) is 1. The zero-order valence-corrected chi connectivity index (χ0v) is 14.4. The fraction of sp³-hybridized carbons (Fsp3) is 0.400. The van der Waals surface area contributed by atoms with Crippen LogP contribution in [0.3, 0.4) is 0 Å². The predicted molar refractivity (Wildman–Crippen MR) is 98.2 cm³/mol. The van der Waals surface area contributed by atoms with Gasteiger partial charge in [-0.3, -0.25) is 0 Å². The van der Waals surface area contributed by atoms with E-state index in [2.05, 4.69) is 49.5 Å². The van der Waals surface area contributed by atoms with Crippen LogP contribution in [0.25, 0.3) is 0 Å². The van der Waals surface area contributed by atoms with Crippen molar-refractivity contribution in [1.29, 1.82) is 0 Å². The normalized spacial score (nSPS) is 22.2. The van der Waals surface area contributed by atoms with Gasteiger partial charge < -0.3 is 10.2 Å². The molecule has 0 amide bonds. The highest BCUT2D eigenvalue weighted by molar-refractivity contribution is 5.35. The molecule has 2 nitrogen and oxygen atoms in total. The van der Waals surface area contributed by atoms with Gasteiger partial charge in [-0.1, -0.05) is 44.0 Å². The maximum Gasteiger partial charge on any atom is 0.0365 e. The number of rotatable bonds is 8. The summed E-state index contributed by atoms with van der Waals surface area (Å²) in [6.45, 7) is 21.6. The maximum atomic E-state index is 4.26. The van der Waals surface area contributed by atoms with Crippen molar-refractivity contribution in [2.75, 3.05) is 13.6 Å². The fourth-order valence-electron chi connectivity index (χ4n) is 2.96. The molecule has 1 unspecified atom stereocenters. The summed E-state index contributed by atoms with van der Waals surface area (Å²) in [4.78, 5) is 2.24. The van der Waals surface area contributed by atoms with E-state index < -0.39 is 0 Å². The lowest BCUT2D eigenvalue weighted by atomic mass is 9.79. The van der Waals surface area contributed by atoms with Gasteiger partial charge in [-0.25, -0.2) is 0 Å². The summed E-state index contributed by atoms with van der Waals surface area (Å²) in [6, 6.07) is 0. The molecule has 1 fully saturated rings. The lowest BCUT2D eigenvalue weighted by molar-refractivity contribution is 0.310. The first-order valence-corrected chi connectivity index (χ1v) is 7.84. The second-order valence-corrected chi connectivity index (χ2v) is 5.99. The Labute approximate surface area is 136 Å². The number of likely N-dealkylation sites (tertiary alicyclic amines) is 1. The molecule has 0 saturated carbocycles. The predicted octanol–water partition coefficient (Wildman–Crippen LogP) is 4.93. The van der Waals surface area contributed by atoms with Crippen molar-refractivity contribution in [1.82, 2.24) is 10.2 Å². The van der Waals surface area contributed by atoms with E-state index in [1.807, 2.05) is 32.2 Å². The van der Waals surface area contributed by atoms with E-state index in [0.717, 1.165) is 48.5 Å². The monoisotopic (exact) mass is 298 g/mol. The van der Waals surface area contributed by atoms with E-state index in [0.29, 0.717) is 0 Å². The van der Waals surface area contributed by atoms with Crippen molar-refractivity contribution in [3.63, 3.8) is 0 Å². The standard InChI is InChI=1S/C20H30N2/c1-8-10-12-16(3)18(5)22-15-20(13-11-9-2,14-17(22)4)19(6)21-7/h8-10,12,21H,2,4-6,11,13-15H2,1,3,7H3/b10-8-,16-12+. The van der Waals surface area contributed by atoms with Crippen LogP contribution in [0.4, 0.5) is 0 Å². The second kappa shape index (κ2) is 7.88. The molecule has 2 heteroatoms. The van der Waals surface area contributed by atoms with Gasteiger partial charge in [-0.15, -0.1) is 6.58 Å². The van der Waals surface area contributed by atoms with Crippen LogP contribution in [0, 0.1) is 5.41 Å². The van der Waals surface area contributed by atoms with Gasteiger partial charge in [-0.05, 0) is 38.7 Å². The van der Waals surface area contributed by atoms with E-state index in [-0.39, 0.29) is 5.41 Å². The Morgan fingerprint density at radius 2 is 2.09 bits per heavy atom. The molecule has 0 spiro atoms. The van der Waals surface area contributed by atoms with Gasteiger partial charge in [0, 0.05) is 36.1 Å². The van der Waals surface area contributed by atoms with Gasteiger partial charge >= 0.3 is 0 Å². The minimum Gasteiger partial charge on any atom is -0.391 e. The molecule has 0 aromatic carbocycles. The number of nitrogens with zero attached hydrogens (tertiary/aromatic N) is 1. The van der Waals surface area contributed by atoms with Crippen LogP contribution in [0.1, 0.15) is 33.1 Å². The second-order valence-electron chi connectivity index (χ2n) is 5.99. The summed E-state index contributed by atoms with van der Waals surface area (Å²) in [5, 5.41) is 3.25. The van der Waals surface area contributed by atoms with Crippen LogP contribution in [-0.4, -0.2) is 18.5 Å². The highest BCUT2D eigenvalue weighted by atomic mass is 15.2. The molecule has 0 aromatic heterocycles. The smallest absolute Gasteiger partial charge is 0.0365 e. The first-order chi connectivity index (χ1) is 10.4. The molecular formula is C20H30N2. The Balaban J connectivity index is 3.02. The zero-order chi connectivity index (χ0) is 16.8. The van der Waals surface area contributed by atoms with Gasteiger partial charge in [0.2, 0.25) is 0 Å². The minimum atomic E-state index is 0.00381. The Morgan fingerprint density at radius 3 is 2.64 bits per heavy atom. The maximum absolute atomic E-state index is 4.26. The third-order valence-electron chi connectivity index (χ3n) is 4.47. The Kier molecular flexibility index (Phi) is 6.48. The lowest BCUT2D eigenvalue weighted by Crippen LogP contribution is -2.33. The molecule has 1 rings (SSSR count). The third-order valence-corrected chi connectivity index (χ3v) is 4.47. The molecular weight excluding hydrogens is 268 g/mol. The molecule has 0 radical (unpaired) electrons. The van der Waals surface area contributed by atoms with Gasteiger partial charge in [-0.2, -0.15) is 0 Å². The quantitative estimate of drug-likeness (QED) is 0.505. The molecule has 1 aliphatic heterocycles.